The van der Waals surface area contributed by atoms with Crippen LogP contribution in [-0.2, 0) is 0 Å². The molecule has 0 radical (unpaired) electrons. The fourth-order valence-electron chi connectivity index (χ4n) is 3.45. The number of halogens is 2. The van der Waals surface area contributed by atoms with E-state index in [9.17, 15) is 4.79 Å². The third-order valence-electron chi connectivity index (χ3n) is 4.92. The number of likely N-dealkylation sites (tertiary alicyclic amines) is 1. The Morgan fingerprint density at radius 1 is 1.12 bits per heavy atom. The van der Waals surface area contributed by atoms with E-state index in [1.54, 1.807) is 24.7 Å². The maximum atomic E-state index is 12.7. The first kappa shape index (κ1) is 20.0. The molecule has 0 saturated carbocycles. The molecule has 1 spiro atoms. The summed E-state index contributed by atoms with van der Waals surface area (Å²) in [7, 11) is 0. The number of amides is 1. The summed E-state index contributed by atoms with van der Waals surface area (Å²) in [5, 5.41) is 4.15. The molecule has 0 atom stereocenters. The van der Waals surface area contributed by atoms with Crippen LogP contribution < -0.4 is 5.32 Å². The molecule has 25 heavy (non-hydrogen) atoms. The largest absolute Gasteiger partial charge is 0.338 e. The zero-order valence-electron chi connectivity index (χ0n) is 13.7. The van der Waals surface area contributed by atoms with Crippen molar-refractivity contribution in [3.63, 3.8) is 0 Å². The highest BCUT2D eigenvalue weighted by molar-refractivity contribution is 7.16. The second kappa shape index (κ2) is 8.40. The van der Waals surface area contributed by atoms with Gasteiger partial charge in [-0.05, 0) is 37.3 Å². The van der Waals surface area contributed by atoms with Gasteiger partial charge in [0.05, 0.1) is 6.20 Å². The van der Waals surface area contributed by atoms with Gasteiger partial charge in [-0.15, -0.1) is 36.2 Å². The van der Waals surface area contributed by atoms with Gasteiger partial charge in [-0.2, -0.15) is 0 Å². The van der Waals surface area contributed by atoms with Crippen molar-refractivity contribution in [3.8, 4) is 10.8 Å². The van der Waals surface area contributed by atoms with Gasteiger partial charge in [0.25, 0.3) is 5.91 Å². The first-order valence-corrected chi connectivity index (χ1v) is 8.81. The molecule has 1 N–H and O–H groups in total. The molecule has 2 aliphatic heterocycles. The molecule has 4 rings (SSSR count). The lowest BCUT2D eigenvalue weighted by Crippen LogP contribution is -2.43. The van der Waals surface area contributed by atoms with Crippen LogP contribution in [0.2, 0.25) is 0 Å². The van der Waals surface area contributed by atoms with Crippen LogP contribution in [0.4, 0.5) is 0 Å². The Bertz CT molecular complexity index is 696. The number of thiazole rings is 1. The summed E-state index contributed by atoms with van der Waals surface area (Å²) in [5.41, 5.74) is 0.424. The number of carbonyl (C=O) groups excluding carboxylic acids is 1. The standard InChI is InChI=1S/C16H19N5OS.2ClH/c22-15(21-8-3-16(4-9-21)2-7-17-11-16)12-10-20-14(23-12)13-18-5-1-6-19-13;;/h1,5-6,10,17H,2-4,7-9,11H2;2*1H. The smallest absolute Gasteiger partial charge is 0.265 e. The van der Waals surface area contributed by atoms with Crippen LogP contribution in [0.1, 0.15) is 28.9 Å². The predicted octanol–water partition coefficient (Wildman–Crippen LogP) is 2.66. The SMILES string of the molecule is Cl.Cl.O=C(c1cnc(-c2ncccn2)s1)N1CCC2(CCNC2)CC1. The zero-order valence-corrected chi connectivity index (χ0v) is 16.1. The molecule has 2 aromatic rings. The number of carbonyl (C=O) groups is 1. The summed E-state index contributed by atoms with van der Waals surface area (Å²) in [6.07, 6.45) is 8.46. The summed E-state index contributed by atoms with van der Waals surface area (Å²) in [4.78, 5) is 28.0. The molecule has 2 fully saturated rings. The van der Waals surface area contributed by atoms with E-state index in [2.05, 4.69) is 20.3 Å². The van der Waals surface area contributed by atoms with Crippen LogP contribution in [0.25, 0.3) is 10.8 Å². The van der Waals surface area contributed by atoms with Crippen LogP contribution >= 0.6 is 36.2 Å². The van der Waals surface area contributed by atoms with E-state index in [1.165, 1.54) is 17.8 Å². The zero-order chi connectivity index (χ0) is 15.7. The van der Waals surface area contributed by atoms with Crippen molar-refractivity contribution in [3.05, 3.63) is 29.5 Å². The molecule has 136 valence electrons. The van der Waals surface area contributed by atoms with Crippen LogP contribution in [0.5, 0.6) is 0 Å². The lowest BCUT2D eigenvalue weighted by atomic mass is 9.78. The Hall–Kier alpha value is -1.28. The van der Waals surface area contributed by atoms with Gasteiger partial charge in [-0.3, -0.25) is 4.79 Å². The molecule has 2 saturated heterocycles. The minimum absolute atomic E-state index is 0. The van der Waals surface area contributed by atoms with Crippen LogP contribution in [0, 0.1) is 5.41 Å². The fraction of sp³-hybridized carbons (Fsp3) is 0.500. The molecule has 0 aliphatic carbocycles. The van der Waals surface area contributed by atoms with E-state index in [1.807, 2.05) is 4.90 Å². The summed E-state index contributed by atoms with van der Waals surface area (Å²) in [6.45, 7) is 3.90. The first-order chi connectivity index (χ1) is 11.3. The summed E-state index contributed by atoms with van der Waals surface area (Å²) >= 11 is 1.37. The number of hydrogen-bond donors (Lipinski definition) is 1. The number of aromatic nitrogens is 3. The number of rotatable bonds is 2. The second-order valence-corrected chi connectivity index (χ2v) is 7.35. The van der Waals surface area contributed by atoms with Crippen molar-refractivity contribution in [2.75, 3.05) is 26.2 Å². The summed E-state index contributed by atoms with van der Waals surface area (Å²) in [6, 6.07) is 1.77. The highest BCUT2D eigenvalue weighted by Gasteiger charge is 2.38. The van der Waals surface area contributed by atoms with Crippen molar-refractivity contribution in [2.45, 2.75) is 19.3 Å². The molecule has 1 amide bonds. The van der Waals surface area contributed by atoms with Gasteiger partial charge < -0.3 is 10.2 Å². The molecule has 0 bridgehead atoms. The molecule has 9 heteroatoms. The van der Waals surface area contributed by atoms with E-state index in [-0.39, 0.29) is 30.7 Å². The van der Waals surface area contributed by atoms with Crippen LogP contribution in [0.3, 0.4) is 0 Å². The molecule has 4 heterocycles. The number of nitrogens with one attached hydrogen (secondary N) is 1. The average Bonchev–Trinajstić information content (AvgIpc) is 3.26. The maximum Gasteiger partial charge on any atom is 0.265 e. The van der Waals surface area contributed by atoms with Gasteiger partial charge >= 0.3 is 0 Å². The highest BCUT2D eigenvalue weighted by Crippen LogP contribution is 2.37. The second-order valence-electron chi connectivity index (χ2n) is 6.32. The van der Waals surface area contributed by atoms with E-state index in [0.29, 0.717) is 21.1 Å². The average molecular weight is 402 g/mol. The molecule has 2 aliphatic rings. The molecule has 6 nitrogen and oxygen atoms in total. The fourth-order valence-corrected chi connectivity index (χ4v) is 4.28. The van der Waals surface area contributed by atoms with Crippen LogP contribution in [0.15, 0.2) is 24.7 Å². The number of nitrogens with zero attached hydrogens (tertiary/aromatic N) is 4. The Labute approximate surface area is 163 Å². The Kier molecular flexibility index (Phi) is 6.73. The third-order valence-corrected chi connectivity index (χ3v) is 5.90. The number of piperidine rings is 1. The van der Waals surface area contributed by atoms with Crippen LogP contribution in [-0.4, -0.2) is 51.9 Å². The Morgan fingerprint density at radius 3 is 2.48 bits per heavy atom. The van der Waals surface area contributed by atoms with E-state index >= 15 is 0 Å². The van der Waals surface area contributed by atoms with E-state index in [4.69, 9.17) is 0 Å². The normalized spacial score (nSPS) is 18.5. The highest BCUT2D eigenvalue weighted by atomic mass is 35.5. The van der Waals surface area contributed by atoms with Gasteiger partial charge in [0.2, 0.25) is 0 Å². The minimum atomic E-state index is 0. The first-order valence-electron chi connectivity index (χ1n) is 7.99. The Morgan fingerprint density at radius 2 is 1.84 bits per heavy atom. The third kappa shape index (κ3) is 4.11. The van der Waals surface area contributed by atoms with Gasteiger partial charge in [0.1, 0.15) is 4.88 Å². The topological polar surface area (TPSA) is 71.0 Å². The molecule has 2 aromatic heterocycles. The molecular weight excluding hydrogens is 381 g/mol. The lowest BCUT2D eigenvalue weighted by Gasteiger charge is -2.38. The Balaban J connectivity index is 0.00000113. The molecule has 0 unspecified atom stereocenters. The van der Waals surface area contributed by atoms with Crippen molar-refractivity contribution < 1.29 is 4.79 Å². The van der Waals surface area contributed by atoms with E-state index < -0.39 is 0 Å². The summed E-state index contributed by atoms with van der Waals surface area (Å²) in [5.74, 6) is 0.664. The van der Waals surface area contributed by atoms with Gasteiger partial charge in [-0.1, -0.05) is 0 Å². The molecule has 0 aromatic carbocycles. The van der Waals surface area contributed by atoms with Crippen molar-refractivity contribution in [1.29, 1.82) is 0 Å². The number of hydrogen-bond acceptors (Lipinski definition) is 6. The van der Waals surface area contributed by atoms with Gasteiger partial charge in [0, 0.05) is 32.0 Å². The van der Waals surface area contributed by atoms with Crippen molar-refractivity contribution in [2.24, 2.45) is 5.41 Å². The molecular formula is C16H21Cl2N5OS. The quantitative estimate of drug-likeness (QED) is 0.837. The monoisotopic (exact) mass is 401 g/mol. The van der Waals surface area contributed by atoms with Gasteiger partial charge in [0.15, 0.2) is 10.8 Å². The van der Waals surface area contributed by atoms with Crippen molar-refractivity contribution in [1.82, 2.24) is 25.2 Å². The predicted molar refractivity (Wildman–Crippen MR) is 103 cm³/mol. The maximum absolute atomic E-state index is 12.7. The lowest BCUT2D eigenvalue weighted by molar-refractivity contribution is 0.0612. The van der Waals surface area contributed by atoms with E-state index in [0.717, 1.165) is 39.0 Å². The van der Waals surface area contributed by atoms with Gasteiger partial charge in [-0.25, -0.2) is 15.0 Å². The minimum Gasteiger partial charge on any atom is -0.338 e. The van der Waals surface area contributed by atoms with Crippen molar-refractivity contribution >= 4 is 42.1 Å². The summed E-state index contributed by atoms with van der Waals surface area (Å²) < 4.78 is 0.